The minimum Gasteiger partial charge on any atom is -1.00 e. The summed E-state index contributed by atoms with van der Waals surface area (Å²) in [6.07, 6.45) is 8.50. The van der Waals surface area contributed by atoms with Crippen LogP contribution in [0.5, 0.6) is 0 Å². The fraction of sp³-hybridized carbons (Fsp3) is 0.435. The summed E-state index contributed by atoms with van der Waals surface area (Å²) in [5.41, 5.74) is 6.17. The van der Waals surface area contributed by atoms with Crippen molar-refractivity contribution in [3.8, 4) is 0 Å². The second-order valence-corrected chi connectivity index (χ2v) is 17.3. The summed E-state index contributed by atoms with van der Waals surface area (Å²) in [4.78, 5) is 0. The topological polar surface area (TPSA) is 0 Å². The molecule has 0 spiro atoms. The fourth-order valence-electron chi connectivity index (χ4n) is 2.78. The maximum Gasteiger partial charge on any atom is -0.0488 e. The maximum absolute atomic E-state index is 3.16. The fourth-order valence-corrected chi connectivity index (χ4v) is 2.78. The first-order valence-corrected chi connectivity index (χ1v) is 15.1. The summed E-state index contributed by atoms with van der Waals surface area (Å²) < 4.78 is 0. The molecule has 0 nitrogen and oxygen atoms in total. The van der Waals surface area contributed by atoms with Gasteiger partial charge in [-0.25, -0.2) is 6.08 Å². The van der Waals surface area contributed by atoms with Crippen LogP contribution in [0.4, 0.5) is 0 Å². The van der Waals surface area contributed by atoms with E-state index in [-0.39, 0.29) is 30.2 Å². The standard InChI is InChI=1S/C12H13.C9H13.C2H6Si.2ClH.Zr/c1-8-5-4-6-11-7-9(2)10(3)12(8)11;1-9(2,3)8-6-4-5-7-8;1-3-2;;;/h4-7H,1-3H3;6-7H,4H2,1-3H3;1-2H3;2*1H;/q2*-1;;;;+2/p-2. The van der Waals surface area contributed by atoms with Crippen molar-refractivity contribution in [2.45, 2.75) is 61.1 Å². The first-order chi connectivity index (χ1) is 11.5. The van der Waals surface area contributed by atoms with Gasteiger partial charge in [-0.1, -0.05) is 51.7 Å². The number of rotatable bonds is 0. The summed E-state index contributed by atoms with van der Waals surface area (Å²) >= 11 is 1.74. The molecule has 0 saturated heterocycles. The van der Waals surface area contributed by atoms with Gasteiger partial charge in [0.15, 0.2) is 0 Å². The van der Waals surface area contributed by atoms with E-state index in [4.69, 9.17) is 0 Å². The minimum atomic E-state index is 0. The molecule has 0 amide bonds. The van der Waals surface area contributed by atoms with E-state index in [0.29, 0.717) is 5.41 Å². The van der Waals surface area contributed by atoms with Crippen molar-refractivity contribution in [1.29, 1.82) is 0 Å². The second-order valence-electron chi connectivity index (χ2n) is 7.95. The van der Waals surface area contributed by atoms with Gasteiger partial charge in [0, 0.05) is 0 Å². The molecule has 0 saturated carbocycles. The van der Waals surface area contributed by atoms with E-state index in [1.165, 1.54) is 33.0 Å². The molecule has 0 unspecified atom stereocenters. The number of hydrogen-bond donors (Lipinski definition) is 0. The molecule has 0 N–H and O–H groups in total. The third-order valence-electron chi connectivity index (χ3n) is 4.21. The van der Waals surface area contributed by atoms with Gasteiger partial charge in [0.05, 0.1) is 0 Å². The summed E-state index contributed by atoms with van der Waals surface area (Å²) in [6, 6.07) is 8.74. The van der Waals surface area contributed by atoms with E-state index < -0.39 is 0 Å². The Labute approximate surface area is 194 Å². The van der Waals surface area contributed by atoms with Crippen molar-refractivity contribution in [2.24, 2.45) is 5.41 Å². The van der Waals surface area contributed by atoms with Gasteiger partial charge in [-0.2, -0.15) is 17.2 Å². The van der Waals surface area contributed by atoms with Crippen LogP contribution in [0.25, 0.3) is 10.8 Å². The van der Waals surface area contributed by atoms with E-state index in [1.54, 1.807) is 23.3 Å². The minimum absolute atomic E-state index is 0. The Balaban J connectivity index is 0. The molecule has 0 bridgehead atoms. The van der Waals surface area contributed by atoms with Crippen LogP contribution in [0.1, 0.15) is 43.9 Å². The van der Waals surface area contributed by atoms with Crippen LogP contribution in [0.15, 0.2) is 42.0 Å². The summed E-state index contributed by atoms with van der Waals surface area (Å²) in [5.74, 6) is 0. The Morgan fingerprint density at radius 1 is 1.07 bits per heavy atom. The number of benzene rings is 1. The average Bonchev–Trinajstić information content (AvgIpc) is 3.09. The summed E-state index contributed by atoms with van der Waals surface area (Å²) in [5, 5.41) is 2.82. The quantitative estimate of drug-likeness (QED) is 0.376. The third kappa shape index (κ3) is 9.84. The maximum atomic E-state index is 3.16. The number of allylic oxidation sites excluding steroid dienone is 4. The number of fused-ring (bicyclic) bond motifs is 1. The van der Waals surface area contributed by atoms with Gasteiger partial charge in [0.25, 0.3) is 0 Å². The monoisotopic (exact) mass is 496 g/mol. The third-order valence-corrected chi connectivity index (χ3v) is 4.21. The van der Waals surface area contributed by atoms with E-state index in [9.17, 15) is 0 Å². The molecule has 0 heterocycles. The Morgan fingerprint density at radius 2 is 1.63 bits per heavy atom. The SMILES string of the molecule is CC(C)(C)C1=CC[C-]=C1.C[Si](C)=[Zr+2].Cc1[cH-]c2cccc(C)c2c1C.[Cl-].[Cl-]. The van der Waals surface area contributed by atoms with Crippen molar-refractivity contribution in [3.63, 3.8) is 0 Å². The molecule has 1 aliphatic carbocycles. The summed E-state index contributed by atoms with van der Waals surface area (Å²) in [6.45, 7) is 17.8. The number of hydrogen-bond acceptors (Lipinski definition) is 0. The zero-order valence-corrected chi connectivity index (χ0v) is 22.9. The van der Waals surface area contributed by atoms with Gasteiger partial charge < -0.3 is 24.8 Å². The molecule has 0 fully saturated rings. The summed E-state index contributed by atoms with van der Waals surface area (Å²) in [7, 11) is 0. The molecule has 1 aliphatic rings. The van der Waals surface area contributed by atoms with Crippen molar-refractivity contribution >= 4 is 16.2 Å². The largest absolute Gasteiger partial charge is 1.00 e. The Kier molecular flexibility index (Phi) is 14.3. The predicted octanol–water partition coefficient (Wildman–Crippen LogP) is 0.998. The average molecular weight is 499 g/mol. The van der Waals surface area contributed by atoms with E-state index in [2.05, 4.69) is 97.1 Å². The Bertz CT molecular complexity index is 789. The molecule has 4 heteroatoms. The van der Waals surface area contributed by atoms with Gasteiger partial charge in [-0.05, 0) is 6.92 Å². The van der Waals surface area contributed by atoms with E-state index in [1.807, 2.05) is 0 Å². The molecule has 0 aromatic heterocycles. The zero-order chi connectivity index (χ0) is 19.2. The molecule has 0 atom stereocenters. The van der Waals surface area contributed by atoms with Crippen LogP contribution in [0, 0.1) is 32.3 Å². The molecule has 0 radical (unpaired) electrons. The molecular formula is C23H32Cl2SiZr-2. The van der Waals surface area contributed by atoms with Gasteiger partial charge in [-0.15, -0.1) is 41.0 Å². The van der Waals surface area contributed by atoms with Crippen LogP contribution in [0.3, 0.4) is 0 Å². The van der Waals surface area contributed by atoms with Crippen molar-refractivity contribution in [1.82, 2.24) is 0 Å². The normalized spacial score (nSPS) is 12.0. The van der Waals surface area contributed by atoms with E-state index in [0.717, 1.165) is 6.42 Å². The molecule has 148 valence electrons. The van der Waals surface area contributed by atoms with E-state index >= 15 is 0 Å². The number of aryl methyl sites for hydroxylation is 3. The number of halogens is 2. The second kappa shape index (κ2) is 13.3. The predicted molar refractivity (Wildman–Crippen MR) is 111 cm³/mol. The zero-order valence-electron chi connectivity index (χ0n) is 17.9. The van der Waals surface area contributed by atoms with Crippen molar-refractivity contribution in [3.05, 3.63) is 64.8 Å². The van der Waals surface area contributed by atoms with Crippen LogP contribution in [0.2, 0.25) is 13.1 Å². The van der Waals surface area contributed by atoms with Crippen molar-refractivity contribution < 1.29 is 48.1 Å². The molecule has 3 rings (SSSR count). The van der Waals surface area contributed by atoms with Crippen LogP contribution in [-0.2, 0) is 23.3 Å². The molecule has 2 aromatic carbocycles. The van der Waals surface area contributed by atoms with Crippen molar-refractivity contribution in [2.75, 3.05) is 0 Å². The van der Waals surface area contributed by atoms with Gasteiger partial charge in [0.1, 0.15) is 0 Å². The van der Waals surface area contributed by atoms with Gasteiger partial charge >= 0.3 is 41.9 Å². The molecular weight excluding hydrogens is 466 g/mol. The molecule has 0 aliphatic heterocycles. The van der Waals surface area contributed by atoms with Crippen LogP contribution in [-0.4, -0.2) is 5.43 Å². The molecule has 2 aromatic rings. The van der Waals surface area contributed by atoms with Crippen LogP contribution >= 0.6 is 0 Å². The first kappa shape index (κ1) is 29.2. The first-order valence-electron chi connectivity index (χ1n) is 8.95. The van der Waals surface area contributed by atoms with Gasteiger partial charge in [-0.3, -0.25) is 6.08 Å². The molecule has 27 heavy (non-hydrogen) atoms. The van der Waals surface area contributed by atoms with Gasteiger partial charge in [0.2, 0.25) is 0 Å². The van der Waals surface area contributed by atoms with Crippen LogP contribution < -0.4 is 24.8 Å². The Hall–Kier alpha value is -0.0100. The Morgan fingerprint density at radius 3 is 2.00 bits per heavy atom. The smallest absolute Gasteiger partial charge is 0.0488 e.